The molecule has 1 aromatic heterocycles. The van der Waals surface area contributed by atoms with Crippen LogP contribution in [0, 0.1) is 0 Å². The van der Waals surface area contributed by atoms with E-state index in [0.717, 1.165) is 29.4 Å². The van der Waals surface area contributed by atoms with Crippen LogP contribution in [-0.2, 0) is 13.2 Å². The molecule has 80 valence electrons. The molecular formula is C12H15NO2. The number of benzene rings is 1. The number of hydrogen-bond acceptors (Lipinski definition) is 2. The second kappa shape index (κ2) is 4.47. The van der Waals surface area contributed by atoms with Crippen LogP contribution in [0.25, 0.3) is 10.9 Å². The second-order valence-corrected chi connectivity index (χ2v) is 3.60. The maximum atomic E-state index is 9.24. The molecule has 0 saturated heterocycles. The molecule has 2 aromatic rings. The van der Waals surface area contributed by atoms with Gasteiger partial charge in [-0.3, -0.25) is 0 Å². The molecule has 0 spiro atoms. The number of aromatic nitrogens is 1. The first-order valence-electron chi connectivity index (χ1n) is 5.15. The maximum absolute atomic E-state index is 9.24. The summed E-state index contributed by atoms with van der Waals surface area (Å²) in [6.07, 6.45) is 2.74. The van der Waals surface area contributed by atoms with Gasteiger partial charge in [-0.1, -0.05) is 18.2 Å². The van der Waals surface area contributed by atoms with E-state index in [1.165, 1.54) is 0 Å². The number of aliphatic hydroxyl groups is 2. The summed E-state index contributed by atoms with van der Waals surface area (Å²) in [5.41, 5.74) is 2.02. The van der Waals surface area contributed by atoms with Crippen molar-refractivity contribution in [3.63, 3.8) is 0 Å². The molecule has 0 bridgehead atoms. The van der Waals surface area contributed by atoms with Crippen LogP contribution in [0.3, 0.4) is 0 Å². The second-order valence-electron chi connectivity index (χ2n) is 3.60. The Hall–Kier alpha value is -1.32. The van der Waals surface area contributed by atoms with E-state index in [1.54, 1.807) is 0 Å². The highest BCUT2D eigenvalue weighted by atomic mass is 16.3. The summed E-state index contributed by atoms with van der Waals surface area (Å²) in [6.45, 7) is 1.04. The number of aryl methyl sites for hydroxylation is 1. The number of fused-ring (bicyclic) bond motifs is 1. The average Bonchev–Trinajstić information content (AvgIpc) is 2.69. The predicted molar refractivity (Wildman–Crippen MR) is 59.6 cm³/mol. The van der Waals surface area contributed by atoms with Crippen LogP contribution in [0.2, 0.25) is 0 Å². The van der Waals surface area contributed by atoms with Crippen LogP contribution in [0.5, 0.6) is 0 Å². The Morgan fingerprint density at radius 2 is 2.00 bits per heavy atom. The van der Waals surface area contributed by atoms with Crippen molar-refractivity contribution < 1.29 is 10.2 Å². The molecule has 3 nitrogen and oxygen atoms in total. The lowest BCUT2D eigenvalue weighted by Gasteiger charge is -2.07. The highest BCUT2D eigenvalue weighted by Gasteiger charge is 2.04. The Balaban J connectivity index is 2.46. The summed E-state index contributed by atoms with van der Waals surface area (Å²) in [5, 5.41) is 19.2. The molecule has 1 heterocycles. The van der Waals surface area contributed by atoms with Gasteiger partial charge in [-0.2, -0.15) is 0 Å². The Labute approximate surface area is 88.6 Å². The minimum Gasteiger partial charge on any atom is -0.396 e. The summed E-state index contributed by atoms with van der Waals surface area (Å²) in [4.78, 5) is 0. The van der Waals surface area contributed by atoms with Gasteiger partial charge in [0.05, 0.1) is 12.1 Å². The third-order valence-electron chi connectivity index (χ3n) is 2.60. The fourth-order valence-corrected chi connectivity index (χ4v) is 1.90. The van der Waals surface area contributed by atoms with Gasteiger partial charge in [-0.25, -0.2) is 0 Å². The molecular weight excluding hydrogens is 190 g/mol. The van der Waals surface area contributed by atoms with Crippen molar-refractivity contribution in [3.05, 3.63) is 36.0 Å². The molecule has 0 aliphatic carbocycles. The Bertz CT molecular complexity index is 448. The average molecular weight is 205 g/mol. The molecule has 0 fully saturated rings. The summed E-state index contributed by atoms with van der Waals surface area (Å²) in [6, 6.07) is 7.94. The fraction of sp³-hybridized carbons (Fsp3) is 0.333. The molecule has 2 N–H and O–H groups in total. The van der Waals surface area contributed by atoms with Crippen LogP contribution in [0.15, 0.2) is 30.5 Å². The topological polar surface area (TPSA) is 45.4 Å². The van der Waals surface area contributed by atoms with Crippen LogP contribution in [0.1, 0.15) is 12.0 Å². The molecule has 0 radical (unpaired) electrons. The zero-order valence-electron chi connectivity index (χ0n) is 8.56. The van der Waals surface area contributed by atoms with E-state index in [4.69, 9.17) is 5.11 Å². The van der Waals surface area contributed by atoms with Gasteiger partial charge in [-0.15, -0.1) is 0 Å². The van der Waals surface area contributed by atoms with Crippen molar-refractivity contribution >= 4 is 10.9 Å². The summed E-state index contributed by atoms with van der Waals surface area (Å²) in [7, 11) is 0. The maximum Gasteiger partial charge on any atom is 0.0702 e. The van der Waals surface area contributed by atoms with Crippen LogP contribution >= 0.6 is 0 Å². The molecule has 0 aliphatic rings. The molecule has 0 saturated carbocycles. The van der Waals surface area contributed by atoms with Crippen molar-refractivity contribution in [1.29, 1.82) is 0 Å². The number of hydrogen-bond donors (Lipinski definition) is 2. The van der Waals surface area contributed by atoms with Gasteiger partial charge >= 0.3 is 0 Å². The first-order chi connectivity index (χ1) is 7.36. The highest BCUT2D eigenvalue weighted by molar-refractivity contribution is 5.83. The molecule has 15 heavy (non-hydrogen) atoms. The van der Waals surface area contributed by atoms with Crippen LogP contribution in [0.4, 0.5) is 0 Å². The van der Waals surface area contributed by atoms with Gasteiger partial charge in [0, 0.05) is 24.9 Å². The summed E-state index contributed by atoms with van der Waals surface area (Å²) in [5.74, 6) is 0. The van der Waals surface area contributed by atoms with E-state index in [1.807, 2.05) is 30.5 Å². The van der Waals surface area contributed by atoms with E-state index >= 15 is 0 Å². The van der Waals surface area contributed by atoms with E-state index in [0.29, 0.717) is 0 Å². The van der Waals surface area contributed by atoms with Crippen molar-refractivity contribution in [2.75, 3.05) is 6.61 Å². The minimum atomic E-state index is 0.0560. The Morgan fingerprint density at radius 3 is 2.73 bits per heavy atom. The molecule has 0 unspecified atom stereocenters. The van der Waals surface area contributed by atoms with Gasteiger partial charge in [0.2, 0.25) is 0 Å². The lowest BCUT2D eigenvalue weighted by atomic mass is 10.1. The van der Waals surface area contributed by atoms with Gasteiger partial charge in [0.25, 0.3) is 0 Å². The first-order valence-corrected chi connectivity index (χ1v) is 5.15. The van der Waals surface area contributed by atoms with E-state index < -0.39 is 0 Å². The normalized spacial score (nSPS) is 11.1. The standard InChI is InChI=1S/C12H15NO2/c14-8-2-6-13-7-5-10-3-1-4-11(9-15)12(10)13/h1,3-5,7,14-15H,2,6,8-9H2. The van der Waals surface area contributed by atoms with Gasteiger partial charge < -0.3 is 14.8 Å². The van der Waals surface area contributed by atoms with E-state index in [-0.39, 0.29) is 13.2 Å². The number of para-hydroxylation sites is 1. The van der Waals surface area contributed by atoms with E-state index in [2.05, 4.69) is 4.57 Å². The lowest BCUT2D eigenvalue weighted by Crippen LogP contribution is -2.00. The molecule has 3 heteroatoms. The first kappa shape index (κ1) is 10.2. The largest absolute Gasteiger partial charge is 0.396 e. The zero-order chi connectivity index (χ0) is 10.7. The smallest absolute Gasteiger partial charge is 0.0702 e. The van der Waals surface area contributed by atoms with Crippen molar-refractivity contribution in [2.24, 2.45) is 0 Å². The predicted octanol–water partition coefficient (Wildman–Crippen LogP) is 1.52. The monoisotopic (exact) mass is 205 g/mol. The van der Waals surface area contributed by atoms with Gasteiger partial charge in [-0.05, 0) is 17.9 Å². The molecule has 0 amide bonds. The minimum absolute atomic E-state index is 0.0560. The molecule has 0 aliphatic heterocycles. The zero-order valence-corrected chi connectivity index (χ0v) is 8.56. The van der Waals surface area contributed by atoms with Crippen LogP contribution in [-0.4, -0.2) is 21.4 Å². The van der Waals surface area contributed by atoms with Crippen LogP contribution < -0.4 is 0 Å². The van der Waals surface area contributed by atoms with Gasteiger partial charge in [0.1, 0.15) is 0 Å². The Morgan fingerprint density at radius 1 is 1.13 bits per heavy atom. The van der Waals surface area contributed by atoms with Gasteiger partial charge in [0.15, 0.2) is 0 Å². The van der Waals surface area contributed by atoms with Crippen molar-refractivity contribution in [2.45, 2.75) is 19.6 Å². The molecule has 0 atom stereocenters. The SMILES string of the molecule is OCCCn1ccc2cccc(CO)c21. The van der Waals surface area contributed by atoms with Crippen molar-refractivity contribution in [1.82, 2.24) is 4.57 Å². The molecule has 1 aromatic carbocycles. The highest BCUT2D eigenvalue weighted by Crippen LogP contribution is 2.20. The number of nitrogens with zero attached hydrogens (tertiary/aromatic N) is 1. The third kappa shape index (κ3) is 1.89. The number of rotatable bonds is 4. The molecule has 2 rings (SSSR count). The lowest BCUT2D eigenvalue weighted by molar-refractivity contribution is 0.278. The Kier molecular flexibility index (Phi) is 3.04. The van der Waals surface area contributed by atoms with Crippen molar-refractivity contribution in [3.8, 4) is 0 Å². The summed E-state index contributed by atoms with van der Waals surface area (Å²) < 4.78 is 2.08. The number of aliphatic hydroxyl groups excluding tert-OH is 2. The third-order valence-corrected chi connectivity index (χ3v) is 2.60. The summed E-state index contributed by atoms with van der Waals surface area (Å²) >= 11 is 0. The fourth-order valence-electron chi connectivity index (χ4n) is 1.90. The quantitative estimate of drug-likeness (QED) is 0.794. The van der Waals surface area contributed by atoms with E-state index in [9.17, 15) is 5.11 Å².